The Bertz CT molecular complexity index is 575. The monoisotopic (exact) mass is 356 g/mol. The Hall–Kier alpha value is -1.39. The SMILES string of the molecule is COc1ccccc1OCCOc1ccc(Cl)cc1Br. The molecular weight excluding hydrogens is 344 g/mol. The summed E-state index contributed by atoms with van der Waals surface area (Å²) in [7, 11) is 1.61. The van der Waals surface area contributed by atoms with Gasteiger partial charge in [-0.05, 0) is 46.3 Å². The molecule has 0 aliphatic carbocycles. The molecule has 0 aromatic heterocycles. The lowest BCUT2D eigenvalue weighted by molar-refractivity contribution is 0.210. The van der Waals surface area contributed by atoms with Crippen LogP contribution in [0, 0.1) is 0 Å². The van der Waals surface area contributed by atoms with Crippen molar-refractivity contribution in [2.24, 2.45) is 0 Å². The van der Waals surface area contributed by atoms with Crippen molar-refractivity contribution < 1.29 is 14.2 Å². The van der Waals surface area contributed by atoms with Gasteiger partial charge in [0.1, 0.15) is 19.0 Å². The highest BCUT2D eigenvalue weighted by Crippen LogP contribution is 2.28. The number of benzene rings is 2. The van der Waals surface area contributed by atoms with E-state index in [-0.39, 0.29) is 0 Å². The molecule has 0 amide bonds. The maximum absolute atomic E-state index is 5.87. The summed E-state index contributed by atoms with van der Waals surface area (Å²) >= 11 is 9.26. The molecule has 0 saturated heterocycles. The number of methoxy groups -OCH3 is 1. The molecule has 0 bridgehead atoms. The van der Waals surface area contributed by atoms with Crippen LogP contribution in [0.4, 0.5) is 0 Å². The molecule has 2 aromatic carbocycles. The standard InChI is InChI=1S/C15H14BrClO3/c1-18-14-4-2-3-5-15(14)20-9-8-19-13-7-6-11(17)10-12(13)16/h2-7,10H,8-9H2,1H3. The van der Waals surface area contributed by atoms with E-state index in [2.05, 4.69) is 15.9 Å². The molecule has 0 fully saturated rings. The van der Waals surface area contributed by atoms with E-state index in [1.165, 1.54) is 0 Å². The summed E-state index contributed by atoms with van der Waals surface area (Å²) < 4.78 is 17.3. The third-order valence-corrected chi connectivity index (χ3v) is 3.42. The fourth-order valence-corrected chi connectivity index (χ4v) is 2.43. The molecule has 20 heavy (non-hydrogen) atoms. The Morgan fingerprint density at radius 1 is 0.950 bits per heavy atom. The molecule has 0 radical (unpaired) electrons. The molecule has 0 aliphatic rings. The molecule has 0 aliphatic heterocycles. The maximum atomic E-state index is 5.87. The van der Waals surface area contributed by atoms with Crippen molar-refractivity contribution in [3.63, 3.8) is 0 Å². The van der Waals surface area contributed by atoms with Crippen LogP contribution in [-0.2, 0) is 0 Å². The molecule has 106 valence electrons. The van der Waals surface area contributed by atoms with Gasteiger partial charge in [-0.15, -0.1) is 0 Å². The van der Waals surface area contributed by atoms with Gasteiger partial charge >= 0.3 is 0 Å². The molecule has 3 nitrogen and oxygen atoms in total. The van der Waals surface area contributed by atoms with E-state index < -0.39 is 0 Å². The molecule has 0 atom stereocenters. The van der Waals surface area contributed by atoms with Gasteiger partial charge in [0.25, 0.3) is 0 Å². The minimum atomic E-state index is 0.426. The lowest BCUT2D eigenvalue weighted by Gasteiger charge is -2.11. The largest absolute Gasteiger partial charge is 0.493 e. The molecule has 2 rings (SSSR count). The van der Waals surface area contributed by atoms with Gasteiger partial charge in [0.2, 0.25) is 0 Å². The van der Waals surface area contributed by atoms with Crippen LogP contribution < -0.4 is 14.2 Å². The van der Waals surface area contributed by atoms with Crippen LogP contribution in [0.15, 0.2) is 46.9 Å². The number of ether oxygens (including phenoxy) is 3. The third kappa shape index (κ3) is 4.05. The van der Waals surface area contributed by atoms with E-state index in [1.54, 1.807) is 19.2 Å². The first kappa shape index (κ1) is 15.0. The number of hydrogen-bond acceptors (Lipinski definition) is 3. The third-order valence-electron chi connectivity index (χ3n) is 2.56. The zero-order chi connectivity index (χ0) is 14.4. The smallest absolute Gasteiger partial charge is 0.161 e. The van der Waals surface area contributed by atoms with Gasteiger partial charge in [0, 0.05) is 5.02 Å². The van der Waals surface area contributed by atoms with E-state index >= 15 is 0 Å². The molecule has 0 unspecified atom stereocenters. The second-order valence-corrected chi connectivity index (χ2v) is 5.21. The highest BCUT2D eigenvalue weighted by molar-refractivity contribution is 9.10. The Kier molecular flexibility index (Phi) is 5.56. The van der Waals surface area contributed by atoms with E-state index in [0.717, 1.165) is 10.2 Å². The number of halogens is 2. The highest BCUT2D eigenvalue weighted by Gasteiger charge is 2.04. The average Bonchev–Trinajstić information content (AvgIpc) is 2.46. The average molecular weight is 358 g/mol. The van der Waals surface area contributed by atoms with Crippen LogP contribution >= 0.6 is 27.5 Å². The topological polar surface area (TPSA) is 27.7 Å². The zero-order valence-corrected chi connectivity index (χ0v) is 13.3. The zero-order valence-electron chi connectivity index (χ0n) is 10.9. The minimum Gasteiger partial charge on any atom is -0.493 e. The molecule has 0 saturated carbocycles. The number of para-hydroxylation sites is 2. The Labute approximate surface area is 131 Å². The van der Waals surface area contributed by atoms with E-state index in [1.807, 2.05) is 30.3 Å². The summed E-state index contributed by atoms with van der Waals surface area (Å²) in [4.78, 5) is 0. The van der Waals surface area contributed by atoms with Crippen molar-refractivity contribution in [1.82, 2.24) is 0 Å². The molecule has 5 heteroatoms. The Morgan fingerprint density at radius 2 is 1.60 bits per heavy atom. The van der Waals surface area contributed by atoms with Crippen molar-refractivity contribution in [2.75, 3.05) is 20.3 Å². The van der Waals surface area contributed by atoms with E-state index in [4.69, 9.17) is 25.8 Å². The minimum absolute atomic E-state index is 0.426. The van der Waals surface area contributed by atoms with Crippen molar-refractivity contribution in [1.29, 1.82) is 0 Å². The van der Waals surface area contributed by atoms with Crippen LogP contribution in [-0.4, -0.2) is 20.3 Å². The van der Waals surface area contributed by atoms with Crippen molar-refractivity contribution >= 4 is 27.5 Å². The Balaban J connectivity index is 1.84. The van der Waals surface area contributed by atoms with Crippen molar-refractivity contribution in [3.05, 3.63) is 52.0 Å². The molecule has 0 N–H and O–H groups in total. The summed E-state index contributed by atoms with van der Waals surface area (Å²) in [6.07, 6.45) is 0. The maximum Gasteiger partial charge on any atom is 0.161 e. The summed E-state index contributed by atoms with van der Waals surface area (Å²) in [6, 6.07) is 12.9. The van der Waals surface area contributed by atoms with Crippen LogP contribution in [0.3, 0.4) is 0 Å². The predicted octanol–water partition coefficient (Wildman–Crippen LogP) is 4.57. The van der Waals surface area contributed by atoms with Gasteiger partial charge in [-0.25, -0.2) is 0 Å². The van der Waals surface area contributed by atoms with Crippen molar-refractivity contribution in [3.8, 4) is 17.2 Å². The van der Waals surface area contributed by atoms with E-state index in [9.17, 15) is 0 Å². The van der Waals surface area contributed by atoms with Crippen LogP contribution in [0.5, 0.6) is 17.2 Å². The van der Waals surface area contributed by atoms with Gasteiger partial charge < -0.3 is 14.2 Å². The molecule has 0 heterocycles. The second kappa shape index (κ2) is 7.41. The first-order chi connectivity index (χ1) is 9.70. The summed E-state index contributed by atoms with van der Waals surface area (Å²) in [6.45, 7) is 0.855. The number of rotatable bonds is 6. The fraction of sp³-hybridized carbons (Fsp3) is 0.200. The van der Waals surface area contributed by atoms with Crippen LogP contribution in [0.2, 0.25) is 5.02 Å². The molecule has 0 spiro atoms. The van der Waals surface area contributed by atoms with Gasteiger partial charge in [-0.3, -0.25) is 0 Å². The van der Waals surface area contributed by atoms with Crippen LogP contribution in [0.1, 0.15) is 0 Å². The first-order valence-corrected chi connectivity index (χ1v) is 7.21. The van der Waals surface area contributed by atoms with Crippen LogP contribution in [0.25, 0.3) is 0 Å². The van der Waals surface area contributed by atoms with Gasteiger partial charge in [-0.2, -0.15) is 0 Å². The Morgan fingerprint density at radius 3 is 2.25 bits per heavy atom. The summed E-state index contributed by atoms with van der Waals surface area (Å²) in [5.41, 5.74) is 0. The summed E-state index contributed by atoms with van der Waals surface area (Å²) in [5, 5.41) is 0.662. The van der Waals surface area contributed by atoms with Gasteiger partial charge in [0.15, 0.2) is 11.5 Å². The normalized spacial score (nSPS) is 10.2. The second-order valence-electron chi connectivity index (χ2n) is 3.92. The fourth-order valence-electron chi connectivity index (χ4n) is 1.63. The molecule has 2 aromatic rings. The predicted molar refractivity (Wildman–Crippen MR) is 83.1 cm³/mol. The van der Waals surface area contributed by atoms with E-state index in [0.29, 0.717) is 29.7 Å². The first-order valence-electron chi connectivity index (χ1n) is 6.04. The quantitative estimate of drug-likeness (QED) is 0.709. The van der Waals surface area contributed by atoms with Crippen molar-refractivity contribution in [2.45, 2.75) is 0 Å². The highest BCUT2D eigenvalue weighted by atomic mass is 79.9. The van der Waals surface area contributed by atoms with Gasteiger partial charge in [-0.1, -0.05) is 23.7 Å². The summed E-state index contributed by atoms with van der Waals surface area (Å²) in [5.74, 6) is 2.15. The lowest BCUT2D eigenvalue weighted by atomic mass is 10.3. The van der Waals surface area contributed by atoms with Gasteiger partial charge in [0.05, 0.1) is 11.6 Å². The lowest BCUT2D eigenvalue weighted by Crippen LogP contribution is -2.09. The molecular formula is C15H14BrClO3. The number of hydrogen-bond donors (Lipinski definition) is 0.